The van der Waals surface area contributed by atoms with Gasteiger partial charge >= 0.3 is 0 Å². The van der Waals surface area contributed by atoms with Gasteiger partial charge < -0.3 is 10.0 Å². The summed E-state index contributed by atoms with van der Waals surface area (Å²) in [5.74, 6) is -0.216. The van der Waals surface area contributed by atoms with Crippen molar-refractivity contribution in [2.45, 2.75) is 26.0 Å². The molecule has 1 aliphatic rings. The molecule has 1 aliphatic heterocycles. The lowest BCUT2D eigenvalue weighted by Crippen LogP contribution is -2.39. The van der Waals surface area contributed by atoms with E-state index in [1.807, 2.05) is 6.92 Å². The number of β-amino-alcohol motifs (C(OH)–C–C–N with tert-alkyl or cyclic N) is 1. The number of rotatable bonds is 4. The second kappa shape index (κ2) is 6.12. The first-order valence-electron chi connectivity index (χ1n) is 7.21. The molecule has 0 saturated carbocycles. The Morgan fingerprint density at radius 2 is 2.19 bits per heavy atom. The molecule has 1 N–H and O–H groups in total. The van der Waals surface area contributed by atoms with Crippen molar-refractivity contribution in [3.8, 4) is 0 Å². The zero-order chi connectivity index (χ0) is 15.6. The lowest BCUT2D eigenvalue weighted by atomic mass is 9.95. The van der Waals surface area contributed by atoms with E-state index in [0.29, 0.717) is 25.2 Å². The fourth-order valence-corrected chi connectivity index (χ4v) is 2.63. The second-order valence-corrected chi connectivity index (χ2v) is 6.30. The van der Waals surface area contributed by atoms with Crippen molar-refractivity contribution in [2.75, 3.05) is 26.7 Å². The minimum atomic E-state index is -0.820. The average molecular weight is 294 g/mol. The van der Waals surface area contributed by atoms with Crippen molar-refractivity contribution < 1.29 is 14.3 Å². The van der Waals surface area contributed by atoms with Gasteiger partial charge in [0.05, 0.1) is 12.1 Å². The van der Waals surface area contributed by atoms with Gasteiger partial charge in [0, 0.05) is 31.1 Å². The molecular formula is C16H23FN2O2. The van der Waals surface area contributed by atoms with Crippen molar-refractivity contribution in [1.29, 1.82) is 0 Å². The van der Waals surface area contributed by atoms with Crippen molar-refractivity contribution in [1.82, 2.24) is 9.80 Å². The zero-order valence-corrected chi connectivity index (χ0v) is 12.8. The Hall–Kier alpha value is -1.46. The summed E-state index contributed by atoms with van der Waals surface area (Å²) >= 11 is 0. The van der Waals surface area contributed by atoms with Gasteiger partial charge in [0.15, 0.2) is 0 Å². The zero-order valence-electron chi connectivity index (χ0n) is 12.8. The molecule has 0 aliphatic carbocycles. The van der Waals surface area contributed by atoms with E-state index in [4.69, 9.17) is 0 Å². The summed E-state index contributed by atoms with van der Waals surface area (Å²) in [7, 11) is 1.79. The van der Waals surface area contributed by atoms with E-state index in [0.717, 1.165) is 0 Å². The van der Waals surface area contributed by atoms with Crippen molar-refractivity contribution in [3.05, 3.63) is 35.6 Å². The molecule has 4 nitrogen and oxygen atoms in total. The summed E-state index contributed by atoms with van der Waals surface area (Å²) in [4.78, 5) is 15.7. The fraction of sp³-hybridized carbons (Fsp3) is 0.562. The molecule has 21 heavy (non-hydrogen) atoms. The van der Waals surface area contributed by atoms with Gasteiger partial charge in [0.1, 0.15) is 5.82 Å². The van der Waals surface area contributed by atoms with Gasteiger partial charge in [-0.3, -0.25) is 9.69 Å². The third-order valence-corrected chi connectivity index (χ3v) is 4.22. The number of carbonyl (C=O) groups excluding carboxylic acids is 1. The van der Waals surface area contributed by atoms with E-state index in [-0.39, 0.29) is 24.2 Å². The van der Waals surface area contributed by atoms with Gasteiger partial charge in [-0.1, -0.05) is 25.1 Å². The lowest BCUT2D eigenvalue weighted by Gasteiger charge is -2.23. The van der Waals surface area contributed by atoms with Crippen molar-refractivity contribution in [2.24, 2.45) is 5.92 Å². The van der Waals surface area contributed by atoms with Gasteiger partial charge in [-0.15, -0.1) is 0 Å². The van der Waals surface area contributed by atoms with E-state index in [9.17, 15) is 14.3 Å². The molecule has 1 aromatic rings. The first-order valence-corrected chi connectivity index (χ1v) is 7.21. The number of halogens is 1. The number of hydrogen-bond donors (Lipinski definition) is 1. The SMILES string of the molecule is C[C@@H]1CN(C(=O)CN(C)Cc2ccccc2F)C[C@]1(C)O. The first kappa shape index (κ1) is 15.9. The van der Waals surface area contributed by atoms with Crippen LogP contribution in [0.15, 0.2) is 24.3 Å². The third kappa shape index (κ3) is 3.80. The Bertz CT molecular complexity index is 519. The molecule has 116 valence electrons. The van der Waals surface area contributed by atoms with Crippen LogP contribution in [0.25, 0.3) is 0 Å². The molecule has 1 aromatic carbocycles. The van der Waals surface area contributed by atoms with Gasteiger partial charge in [-0.05, 0) is 20.0 Å². The molecule has 0 spiro atoms. The van der Waals surface area contributed by atoms with Gasteiger partial charge in [-0.2, -0.15) is 0 Å². The second-order valence-electron chi connectivity index (χ2n) is 6.30. The van der Waals surface area contributed by atoms with Crippen LogP contribution in [-0.2, 0) is 11.3 Å². The van der Waals surface area contributed by atoms with E-state index in [2.05, 4.69) is 0 Å². The van der Waals surface area contributed by atoms with Crippen LogP contribution in [0.1, 0.15) is 19.4 Å². The van der Waals surface area contributed by atoms with E-state index < -0.39 is 5.60 Å². The molecule has 1 amide bonds. The van der Waals surface area contributed by atoms with Crippen LogP contribution in [0, 0.1) is 11.7 Å². The highest BCUT2D eigenvalue weighted by Crippen LogP contribution is 2.26. The molecule has 1 saturated heterocycles. The summed E-state index contributed by atoms with van der Waals surface area (Å²) in [5, 5.41) is 10.1. The number of aliphatic hydroxyl groups is 1. The average Bonchev–Trinajstić information content (AvgIpc) is 2.67. The number of carbonyl (C=O) groups is 1. The Morgan fingerprint density at radius 3 is 2.76 bits per heavy atom. The number of hydrogen-bond acceptors (Lipinski definition) is 3. The highest BCUT2D eigenvalue weighted by atomic mass is 19.1. The van der Waals surface area contributed by atoms with Crippen LogP contribution in [0.3, 0.4) is 0 Å². The predicted molar refractivity (Wildman–Crippen MR) is 79.1 cm³/mol. The largest absolute Gasteiger partial charge is 0.388 e. The fourth-order valence-electron chi connectivity index (χ4n) is 2.63. The summed E-state index contributed by atoms with van der Waals surface area (Å²) < 4.78 is 13.6. The molecule has 1 heterocycles. The number of benzene rings is 1. The smallest absolute Gasteiger partial charge is 0.236 e. The maximum absolute atomic E-state index is 13.6. The van der Waals surface area contributed by atoms with Gasteiger partial charge in [-0.25, -0.2) is 4.39 Å². The third-order valence-electron chi connectivity index (χ3n) is 4.22. The van der Waals surface area contributed by atoms with Crippen LogP contribution in [0.4, 0.5) is 4.39 Å². The molecule has 0 unspecified atom stereocenters. The summed E-state index contributed by atoms with van der Waals surface area (Å²) in [6.07, 6.45) is 0. The predicted octanol–water partition coefficient (Wildman–Crippen LogP) is 1.49. The Morgan fingerprint density at radius 1 is 1.52 bits per heavy atom. The molecule has 1 fully saturated rings. The lowest BCUT2D eigenvalue weighted by molar-refractivity contribution is -0.132. The molecule has 0 radical (unpaired) electrons. The van der Waals surface area contributed by atoms with E-state index >= 15 is 0 Å². The van der Waals surface area contributed by atoms with Gasteiger partial charge in [0.25, 0.3) is 0 Å². The molecule has 2 atom stereocenters. The maximum atomic E-state index is 13.6. The van der Waals surface area contributed by atoms with E-state index in [1.54, 1.807) is 42.0 Å². The van der Waals surface area contributed by atoms with Crippen LogP contribution in [-0.4, -0.2) is 53.1 Å². The minimum Gasteiger partial charge on any atom is -0.388 e. The Balaban J connectivity index is 1.90. The summed E-state index contributed by atoms with van der Waals surface area (Å²) in [6.45, 7) is 5.24. The van der Waals surface area contributed by atoms with Crippen molar-refractivity contribution >= 4 is 5.91 Å². The summed E-state index contributed by atoms with van der Waals surface area (Å²) in [5.41, 5.74) is -0.241. The Kier molecular flexibility index (Phi) is 4.64. The molecule has 5 heteroatoms. The molecule has 0 bridgehead atoms. The number of nitrogens with zero attached hydrogens (tertiary/aromatic N) is 2. The topological polar surface area (TPSA) is 43.8 Å². The standard InChI is InChI=1S/C16H23FN2O2/c1-12-8-19(11-16(12,2)21)15(20)10-18(3)9-13-6-4-5-7-14(13)17/h4-7,12,21H,8-11H2,1-3H3/t12-,16+/m1/s1. The van der Waals surface area contributed by atoms with Crippen LogP contribution >= 0.6 is 0 Å². The molecule has 0 aromatic heterocycles. The van der Waals surface area contributed by atoms with Crippen LogP contribution in [0.2, 0.25) is 0 Å². The van der Waals surface area contributed by atoms with Crippen LogP contribution in [0.5, 0.6) is 0 Å². The molecular weight excluding hydrogens is 271 g/mol. The Labute approximate surface area is 125 Å². The van der Waals surface area contributed by atoms with E-state index in [1.165, 1.54) is 6.07 Å². The van der Waals surface area contributed by atoms with Crippen LogP contribution < -0.4 is 0 Å². The number of likely N-dealkylation sites (N-methyl/N-ethyl adjacent to an activating group) is 1. The quantitative estimate of drug-likeness (QED) is 0.915. The summed E-state index contributed by atoms with van der Waals surface area (Å²) in [6, 6.07) is 6.58. The highest BCUT2D eigenvalue weighted by Gasteiger charge is 2.40. The van der Waals surface area contributed by atoms with Crippen molar-refractivity contribution in [3.63, 3.8) is 0 Å². The highest BCUT2D eigenvalue weighted by molar-refractivity contribution is 5.78. The number of amides is 1. The molecule has 2 rings (SSSR count). The monoisotopic (exact) mass is 294 g/mol. The minimum absolute atomic E-state index is 0.0292. The van der Waals surface area contributed by atoms with Gasteiger partial charge in [0.2, 0.25) is 5.91 Å². The maximum Gasteiger partial charge on any atom is 0.236 e. The normalized spacial score (nSPS) is 25.6. The number of likely N-dealkylation sites (tertiary alicyclic amines) is 1. The first-order chi connectivity index (χ1) is 9.79.